The van der Waals surface area contributed by atoms with Gasteiger partial charge in [-0.05, 0) is 37.5 Å². The summed E-state index contributed by atoms with van der Waals surface area (Å²) in [5.41, 5.74) is 0.208. The van der Waals surface area contributed by atoms with Crippen LogP contribution in [-0.4, -0.2) is 23.1 Å². The average molecular weight is 328 g/mol. The molecule has 5 nitrogen and oxygen atoms in total. The van der Waals surface area contributed by atoms with Crippen molar-refractivity contribution < 1.29 is 27.2 Å². The standard InChI is InChI=1S/C15H15F3N2O3/c1-14(7-2-8-21-14)13-19-12(20-23-13)9-10-3-5-11(6-4-10)22-15(16,17)18/h3-6H,2,7-9H2,1H3/t14-/m0/s1. The van der Waals surface area contributed by atoms with Crippen molar-refractivity contribution in [2.45, 2.75) is 38.1 Å². The van der Waals surface area contributed by atoms with Crippen LogP contribution in [0.2, 0.25) is 0 Å². The van der Waals surface area contributed by atoms with Gasteiger partial charge in [-0.25, -0.2) is 0 Å². The molecule has 1 aliphatic heterocycles. The second-order valence-electron chi connectivity index (χ2n) is 5.57. The molecule has 1 aliphatic rings. The molecule has 1 fully saturated rings. The molecule has 1 aromatic heterocycles. The van der Waals surface area contributed by atoms with E-state index < -0.39 is 12.0 Å². The minimum atomic E-state index is -4.69. The molecule has 124 valence electrons. The Balaban J connectivity index is 1.67. The summed E-state index contributed by atoms with van der Waals surface area (Å²) in [4.78, 5) is 4.33. The highest BCUT2D eigenvalue weighted by atomic mass is 19.4. The van der Waals surface area contributed by atoms with Crippen LogP contribution in [0.4, 0.5) is 13.2 Å². The van der Waals surface area contributed by atoms with Gasteiger partial charge in [0.05, 0.1) is 0 Å². The van der Waals surface area contributed by atoms with Crippen LogP contribution in [0.5, 0.6) is 5.75 Å². The first-order chi connectivity index (χ1) is 10.8. The number of ether oxygens (including phenoxy) is 2. The van der Waals surface area contributed by atoms with E-state index in [1.54, 1.807) is 0 Å². The molecule has 0 N–H and O–H groups in total. The molecule has 8 heteroatoms. The molecule has 1 saturated heterocycles. The fourth-order valence-corrected chi connectivity index (χ4v) is 2.48. The Kier molecular flexibility index (Phi) is 4.01. The van der Waals surface area contributed by atoms with E-state index in [0.717, 1.165) is 18.4 Å². The second kappa shape index (κ2) is 5.84. The van der Waals surface area contributed by atoms with E-state index in [0.29, 0.717) is 24.7 Å². The Labute approximate surface area is 130 Å². The summed E-state index contributed by atoms with van der Waals surface area (Å²) >= 11 is 0. The largest absolute Gasteiger partial charge is 0.573 e. The summed E-state index contributed by atoms with van der Waals surface area (Å²) in [5.74, 6) is 0.630. The Morgan fingerprint density at radius 1 is 1.26 bits per heavy atom. The lowest BCUT2D eigenvalue weighted by molar-refractivity contribution is -0.274. The monoisotopic (exact) mass is 328 g/mol. The molecule has 2 heterocycles. The number of rotatable bonds is 4. The van der Waals surface area contributed by atoms with Crippen molar-refractivity contribution >= 4 is 0 Å². The van der Waals surface area contributed by atoms with E-state index in [-0.39, 0.29) is 5.75 Å². The van der Waals surface area contributed by atoms with Crippen LogP contribution in [0.15, 0.2) is 28.8 Å². The zero-order valence-corrected chi connectivity index (χ0v) is 12.4. The summed E-state index contributed by atoms with van der Waals surface area (Å²) in [6.07, 6.45) is -2.58. The fraction of sp³-hybridized carbons (Fsp3) is 0.467. The smallest absolute Gasteiger partial charge is 0.406 e. The molecular formula is C15H15F3N2O3. The molecule has 23 heavy (non-hydrogen) atoms. The molecule has 0 radical (unpaired) electrons. The van der Waals surface area contributed by atoms with Crippen LogP contribution in [0.1, 0.15) is 37.0 Å². The maximum Gasteiger partial charge on any atom is 0.573 e. The first-order valence-electron chi connectivity index (χ1n) is 7.16. The first kappa shape index (κ1) is 15.8. The zero-order chi connectivity index (χ0) is 16.5. The number of halogens is 3. The lowest BCUT2D eigenvalue weighted by atomic mass is 10.0. The summed E-state index contributed by atoms with van der Waals surface area (Å²) in [6, 6.07) is 5.58. The average Bonchev–Trinajstić information content (AvgIpc) is 3.10. The van der Waals surface area contributed by atoms with Crippen molar-refractivity contribution in [3.8, 4) is 5.75 Å². The SMILES string of the molecule is C[C@@]1(c2nc(Cc3ccc(OC(F)(F)F)cc3)no2)CCCO1. The highest BCUT2D eigenvalue weighted by molar-refractivity contribution is 5.29. The third-order valence-electron chi connectivity index (χ3n) is 3.66. The van der Waals surface area contributed by atoms with Crippen molar-refractivity contribution in [1.29, 1.82) is 0 Å². The molecule has 0 amide bonds. The van der Waals surface area contributed by atoms with Crippen LogP contribution in [-0.2, 0) is 16.8 Å². The Morgan fingerprint density at radius 2 is 2.00 bits per heavy atom. The quantitative estimate of drug-likeness (QED) is 0.858. The van der Waals surface area contributed by atoms with Crippen LogP contribution < -0.4 is 4.74 Å². The lowest BCUT2D eigenvalue weighted by Gasteiger charge is -2.16. The summed E-state index contributed by atoms with van der Waals surface area (Å²) < 4.78 is 51.0. The van der Waals surface area contributed by atoms with Gasteiger partial charge < -0.3 is 14.0 Å². The fourth-order valence-electron chi connectivity index (χ4n) is 2.48. The van der Waals surface area contributed by atoms with Gasteiger partial charge in [0.15, 0.2) is 5.82 Å². The predicted molar refractivity (Wildman–Crippen MR) is 72.8 cm³/mol. The third kappa shape index (κ3) is 3.82. The van der Waals surface area contributed by atoms with Gasteiger partial charge in [0, 0.05) is 13.0 Å². The Hall–Kier alpha value is -2.09. The van der Waals surface area contributed by atoms with Gasteiger partial charge in [-0.3, -0.25) is 0 Å². The van der Waals surface area contributed by atoms with Crippen molar-refractivity contribution in [3.05, 3.63) is 41.5 Å². The number of hydrogen-bond acceptors (Lipinski definition) is 5. The van der Waals surface area contributed by atoms with Crippen LogP contribution in [0.25, 0.3) is 0 Å². The molecule has 1 atom stereocenters. The normalized spacial score (nSPS) is 21.6. The van der Waals surface area contributed by atoms with Gasteiger partial charge in [-0.1, -0.05) is 17.3 Å². The van der Waals surface area contributed by atoms with E-state index in [1.807, 2.05) is 6.92 Å². The van der Waals surface area contributed by atoms with Gasteiger partial charge in [0.25, 0.3) is 5.89 Å². The Bertz CT molecular complexity index is 661. The maximum atomic E-state index is 12.1. The molecular weight excluding hydrogens is 313 g/mol. The number of benzene rings is 1. The number of hydrogen-bond donors (Lipinski definition) is 0. The first-order valence-corrected chi connectivity index (χ1v) is 7.16. The molecule has 1 aromatic carbocycles. The van der Waals surface area contributed by atoms with Gasteiger partial charge in [0.1, 0.15) is 11.4 Å². The third-order valence-corrected chi connectivity index (χ3v) is 3.66. The van der Waals surface area contributed by atoms with E-state index in [2.05, 4.69) is 14.9 Å². The second-order valence-corrected chi connectivity index (χ2v) is 5.57. The van der Waals surface area contributed by atoms with Crippen LogP contribution in [0, 0.1) is 0 Å². The molecule has 0 spiro atoms. The van der Waals surface area contributed by atoms with E-state index in [1.165, 1.54) is 24.3 Å². The molecule has 2 aromatic rings. The van der Waals surface area contributed by atoms with Crippen molar-refractivity contribution in [3.63, 3.8) is 0 Å². The maximum absolute atomic E-state index is 12.1. The molecule has 0 bridgehead atoms. The van der Waals surface area contributed by atoms with Gasteiger partial charge in [-0.2, -0.15) is 4.98 Å². The van der Waals surface area contributed by atoms with Gasteiger partial charge in [-0.15, -0.1) is 13.2 Å². The van der Waals surface area contributed by atoms with Gasteiger partial charge >= 0.3 is 6.36 Å². The van der Waals surface area contributed by atoms with E-state index >= 15 is 0 Å². The predicted octanol–water partition coefficient (Wildman–Crippen LogP) is 3.58. The molecule has 3 rings (SSSR count). The molecule has 0 unspecified atom stereocenters. The van der Waals surface area contributed by atoms with Crippen molar-refractivity contribution in [2.24, 2.45) is 0 Å². The Morgan fingerprint density at radius 3 is 2.61 bits per heavy atom. The topological polar surface area (TPSA) is 57.4 Å². The summed E-state index contributed by atoms with van der Waals surface area (Å²) in [7, 11) is 0. The van der Waals surface area contributed by atoms with E-state index in [4.69, 9.17) is 9.26 Å². The number of alkyl halides is 3. The summed E-state index contributed by atoms with van der Waals surface area (Å²) in [6.45, 7) is 2.56. The number of aromatic nitrogens is 2. The van der Waals surface area contributed by atoms with Gasteiger partial charge in [0.2, 0.25) is 0 Å². The van der Waals surface area contributed by atoms with Crippen LogP contribution >= 0.6 is 0 Å². The zero-order valence-electron chi connectivity index (χ0n) is 12.4. The lowest BCUT2D eigenvalue weighted by Crippen LogP contribution is -2.20. The summed E-state index contributed by atoms with van der Waals surface area (Å²) in [5, 5.41) is 3.91. The minimum Gasteiger partial charge on any atom is -0.406 e. The number of nitrogens with zero attached hydrogens (tertiary/aromatic N) is 2. The molecule has 0 saturated carbocycles. The van der Waals surface area contributed by atoms with Crippen LogP contribution in [0.3, 0.4) is 0 Å². The highest BCUT2D eigenvalue weighted by Gasteiger charge is 2.37. The highest BCUT2D eigenvalue weighted by Crippen LogP contribution is 2.34. The molecule has 0 aliphatic carbocycles. The van der Waals surface area contributed by atoms with E-state index in [9.17, 15) is 13.2 Å². The minimum absolute atomic E-state index is 0.262. The van der Waals surface area contributed by atoms with Crippen molar-refractivity contribution in [1.82, 2.24) is 10.1 Å². The van der Waals surface area contributed by atoms with Crippen molar-refractivity contribution in [2.75, 3.05) is 6.61 Å².